The fourth-order valence-corrected chi connectivity index (χ4v) is 5.21. The Morgan fingerprint density at radius 1 is 1.16 bits per heavy atom. The predicted molar refractivity (Wildman–Crippen MR) is 128 cm³/mol. The molecule has 1 aromatic carbocycles. The van der Waals surface area contributed by atoms with Gasteiger partial charge in [-0.2, -0.15) is 0 Å². The number of thiophene rings is 1. The summed E-state index contributed by atoms with van der Waals surface area (Å²) in [6.45, 7) is 1.44. The molecule has 0 fully saturated rings. The van der Waals surface area contributed by atoms with Crippen LogP contribution < -0.4 is 14.8 Å². The molecule has 3 rings (SSSR count). The van der Waals surface area contributed by atoms with Gasteiger partial charge in [0, 0.05) is 25.0 Å². The minimum atomic E-state index is 0.0629. The number of rotatable bonds is 12. The quantitative estimate of drug-likeness (QED) is 0.393. The average Bonchev–Trinajstić information content (AvgIpc) is 3.47. The van der Waals surface area contributed by atoms with Crippen LogP contribution in [0.2, 0.25) is 0 Å². The molecule has 1 N–H and O–H groups in total. The number of amides is 1. The molecular weight excluding hydrogens is 452 g/mol. The maximum absolute atomic E-state index is 12.5. The first kappa shape index (κ1) is 23.4. The molecule has 0 aliphatic carbocycles. The van der Waals surface area contributed by atoms with Gasteiger partial charge in [-0.3, -0.25) is 4.79 Å². The normalized spacial score (nSPS) is 10.7. The lowest BCUT2D eigenvalue weighted by atomic mass is 10.1. The van der Waals surface area contributed by atoms with E-state index in [9.17, 15) is 4.79 Å². The molecule has 2 heterocycles. The van der Waals surface area contributed by atoms with Gasteiger partial charge in [0.05, 0.1) is 20.0 Å². The number of carbonyl (C=O) groups is 1. The van der Waals surface area contributed by atoms with Gasteiger partial charge in [0.25, 0.3) is 0 Å². The van der Waals surface area contributed by atoms with Crippen molar-refractivity contribution in [3.8, 4) is 11.5 Å². The number of thioether (sulfide) groups is 1. The van der Waals surface area contributed by atoms with Crippen molar-refractivity contribution in [2.75, 3.05) is 45.4 Å². The van der Waals surface area contributed by atoms with Crippen molar-refractivity contribution in [1.82, 2.24) is 15.1 Å². The van der Waals surface area contributed by atoms with E-state index in [1.54, 1.807) is 30.5 Å². The smallest absolute Gasteiger partial charge is 0.232 e. The third kappa shape index (κ3) is 7.12. The van der Waals surface area contributed by atoms with Crippen LogP contribution in [0.1, 0.15) is 10.4 Å². The van der Waals surface area contributed by atoms with E-state index in [4.69, 9.17) is 9.47 Å². The van der Waals surface area contributed by atoms with E-state index >= 15 is 0 Å². The van der Waals surface area contributed by atoms with E-state index in [1.807, 2.05) is 25.2 Å². The largest absolute Gasteiger partial charge is 0.493 e. The monoisotopic (exact) mass is 478 g/mol. The number of nitrogens with one attached hydrogen (secondary N) is 1. The maximum Gasteiger partial charge on any atom is 0.232 e. The van der Waals surface area contributed by atoms with Crippen LogP contribution in [0.25, 0.3) is 0 Å². The molecule has 0 unspecified atom stereocenters. The van der Waals surface area contributed by atoms with Crippen molar-refractivity contribution < 1.29 is 14.3 Å². The lowest BCUT2D eigenvalue weighted by molar-refractivity contribution is -0.127. The highest BCUT2D eigenvalue weighted by molar-refractivity contribution is 8.01. The number of nitrogens with zero attached hydrogens (tertiary/aromatic N) is 3. The number of carbonyl (C=O) groups excluding carboxylic acids is 1. The van der Waals surface area contributed by atoms with Crippen LogP contribution in [0.15, 0.2) is 40.1 Å². The predicted octanol–water partition coefficient (Wildman–Crippen LogP) is 4.06. The second-order valence-corrected chi connectivity index (χ2v) is 9.90. The first-order valence-corrected chi connectivity index (χ1v) is 12.4. The van der Waals surface area contributed by atoms with E-state index < -0.39 is 0 Å². The van der Waals surface area contributed by atoms with Crippen LogP contribution in [0.4, 0.5) is 5.13 Å². The van der Waals surface area contributed by atoms with Crippen LogP contribution >= 0.6 is 34.4 Å². The van der Waals surface area contributed by atoms with Crippen LogP contribution in [-0.4, -0.2) is 61.1 Å². The van der Waals surface area contributed by atoms with Crippen molar-refractivity contribution in [2.45, 2.75) is 17.2 Å². The molecular formula is C21H26N4O3S3. The van der Waals surface area contributed by atoms with E-state index in [0.29, 0.717) is 23.8 Å². The Balaban J connectivity index is 1.39. The molecule has 0 spiro atoms. The zero-order chi connectivity index (χ0) is 22.1. The fourth-order valence-electron chi connectivity index (χ4n) is 2.78. The topological polar surface area (TPSA) is 76.6 Å². The summed E-state index contributed by atoms with van der Waals surface area (Å²) >= 11 is 4.65. The van der Waals surface area contributed by atoms with Crippen LogP contribution in [-0.2, 0) is 17.6 Å². The summed E-state index contributed by atoms with van der Waals surface area (Å²) < 4.78 is 11.4. The Morgan fingerprint density at radius 3 is 2.74 bits per heavy atom. The highest BCUT2D eigenvalue weighted by atomic mass is 32.2. The van der Waals surface area contributed by atoms with Crippen LogP contribution in [0.5, 0.6) is 11.5 Å². The first-order valence-electron chi connectivity index (χ1n) is 9.76. The molecule has 0 atom stereocenters. The molecule has 3 aromatic rings. The minimum absolute atomic E-state index is 0.0629. The summed E-state index contributed by atoms with van der Waals surface area (Å²) in [7, 11) is 5.05. The van der Waals surface area contributed by atoms with Crippen molar-refractivity contribution >= 4 is 45.5 Å². The number of hydrogen-bond donors (Lipinski definition) is 1. The number of benzene rings is 1. The SMILES string of the molecule is COc1ccc(CCN(C)C(=O)CSc2nnc(NCCc3cccs3)s2)cc1OC. The molecule has 0 saturated heterocycles. The molecule has 1 amide bonds. The van der Waals surface area contributed by atoms with E-state index in [2.05, 4.69) is 33.0 Å². The van der Waals surface area contributed by atoms with Gasteiger partial charge in [-0.1, -0.05) is 35.2 Å². The summed E-state index contributed by atoms with van der Waals surface area (Å²) in [6.07, 6.45) is 1.70. The number of aromatic nitrogens is 2. The summed E-state index contributed by atoms with van der Waals surface area (Å²) in [5, 5.41) is 14.5. The Hall–Kier alpha value is -2.30. The number of anilines is 1. The summed E-state index contributed by atoms with van der Waals surface area (Å²) in [6, 6.07) is 10.00. The average molecular weight is 479 g/mol. The van der Waals surface area contributed by atoms with Crippen molar-refractivity contribution in [3.63, 3.8) is 0 Å². The van der Waals surface area contributed by atoms with Gasteiger partial charge in [0.15, 0.2) is 15.8 Å². The first-order chi connectivity index (χ1) is 15.1. The summed E-state index contributed by atoms with van der Waals surface area (Å²) in [5.74, 6) is 1.80. The number of ether oxygens (including phenoxy) is 2. The summed E-state index contributed by atoms with van der Waals surface area (Å²) in [5.41, 5.74) is 1.09. The zero-order valence-corrected chi connectivity index (χ0v) is 20.2. The molecule has 0 saturated carbocycles. The van der Waals surface area contributed by atoms with Crippen molar-refractivity contribution in [1.29, 1.82) is 0 Å². The molecule has 7 nitrogen and oxygen atoms in total. The third-order valence-electron chi connectivity index (χ3n) is 4.56. The highest BCUT2D eigenvalue weighted by Crippen LogP contribution is 2.28. The molecule has 166 valence electrons. The van der Waals surface area contributed by atoms with Gasteiger partial charge in [-0.15, -0.1) is 21.5 Å². The molecule has 10 heteroatoms. The van der Waals surface area contributed by atoms with Gasteiger partial charge in [-0.05, 0) is 42.0 Å². The number of hydrogen-bond acceptors (Lipinski definition) is 9. The molecule has 0 radical (unpaired) electrons. The molecule has 0 aliphatic heterocycles. The highest BCUT2D eigenvalue weighted by Gasteiger charge is 2.13. The van der Waals surface area contributed by atoms with Crippen LogP contribution in [0, 0.1) is 0 Å². The van der Waals surface area contributed by atoms with Crippen LogP contribution in [0.3, 0.4) is 0 Å². The van der Waals surface area contributed by atoms with Gasteiger partial charge in [-0.25, -0.2) is 0 Å². The maximum atomic E-state index is 12.5. The van der Waals surface area contributed by atoms with Gasteiger partial charge >= 0.3 is 0 Å². The van der Waals surface area contributed by atoms with Gasteiger partial charge in [0.1, 0.15) is 0 Å². The Morgan fingerprint density at radius 2 is 2.00 bits per heavy atom. The molecule has 0 bridgehead atoms. The van der Waals surface area contributed by atoms with E-state index in [0.717, 1.165) is 34.4 Å². The van der Waals surface area contributed by atoms with E-state index in [1.165, 1.54) is 28.0 Å². The van der Waals surface area contributed by atoms with E-state index in [-0.39, 0.29) is 5.91 Å². The van der Waals surface area contributed by atoms with Crippen molar-refractivity contribution in [2.24, 2.45) is 0 Å². The summed E-state index contributed by atoms with van der Waals surface area (Å²) in [4.78, 5) is 15.6. The molecule has 2 aromatic heterocycles. The Kier molecular flexibility index (Phi) is 8.98. The number of likely N-dealkylation sites (N-methyl/N-ethyl adjacent to an activating group) is 1. The second kappa shape index (κ2) is 11.9. The third-order valence-corrected chi connectivity index (χ3v) is 7.50. The van der Waals surface area contributed by atoms with Crippen molar-refractivity contribution in [3.05, 3.63) is 46.2 Å². The van der Waals surface area contributed by atoms with Gasteiger partial charge < -0.3 is 19.7 Å². The van der Waals surface area contributed by atoms with Gasteiger partial charge in [0.2, 0.25) is 11.0 Å². The molecule has 0 aliphatic rings. The number of methoxy groups -OCH3 is 2. The standard InChI is InChI=1S/C21H26N4O3S3/c1-25(11-9-15-6-7-17(27-2)18(13-15)28-3)19(26)14-30-21-24-23-20(31-21)22-10-8-16-5-4-12-29-16/h4-7,12-13H,8-11,14H2,1-3H3,(H,22,23). The lowest BCUT2D eigenvalue weighted by Crippen LogP contribution is -2.30. The Labute approximate surface area is 194 Å². The molecule has 31 heavy (non-hydrogen) atoms. The second-order valence-electron chi connectivity index (χ2n) is 6.67. The fraction of sp³-hybridized carbons (Fsp3) is 0.381. The Bertz CT molecular complexity index is 963. The minimum Gasteiger partial charge on any atom is -0.493 e. The lowest BCUT2D eigenvalue weighted by Gasteiger charge is -2.17. The zero-order valence-electron chi connectivity index (χ0n) is 17.8.